The second kappa shape index (κ2) is 17.0. The molecular weight excluding hydrogens is 320 g/mol. The maximum Gasteiger partial charge on any atom is 0.305 e. The lowest BCUT2D eigenvalue weighted by atomic mass is 10.2. The summed E-state index contributed by atoms with van der Waals surface area (Å²) in [5.41, 5.74) is 0. The molecule has 0 aromatic heterocycles. The lowest BCUT2D eigenvalue weighted by molar-refractivity contribution is -0.144. The number of halogens is 1. The van der Waals surface area contributed by atoms with E-state index in [9.17, 15) is 4.79 Å². The summed E-state index contributed by atoms with van der Waals surface area (Å²) in [7, 11) is 0. The zero-order chi connectivity index (χ0) is 14.9. The molecule has 0 aliphatic heterocycles. The number of alkyl halides is 1. The first kappa shape index (κ1) is 19.9. The number of unbranched alkanes of at least 4 members (excludes halogenated alkanes) is 6. The Balaban J connectivity index is 3.12. The van der Waals surface area contributed by atoms with Gasteiger partial charge in [-0.2, -0.15) is 0 Å². The summed E-state index contributed by atoms with van der Waals surface area (Å²) in [6.07, 6.45) is 10.7. The Morgan fingerprint density at radius 1 is 0.850 bits per heavy atom. The second-order valence-corrected chi connectivity index (χ2v) is 5.89. The van der Waals surface area contributed by atoms with Crippen molar-refractivity contribution in [3.05, 3.63) is 0 Å². The van der Waals surface area contributed by atoms with E-state index in [1.807, 2.05) is 0 Å². The molecule has 0 rings (SSSR count). The van der Waals surface area contributed by atoms with E-state index in [1.54, 1.807) is 0 Å². The van der Waals surface area contributed by atoms with Gasteiger partial charge in [0.1, 0.15) is 0 Å². The van der Waals surface area contributed by atoms with E-state index >= 15 is 0 Å². The summed E-state index contributed by atoms with van der Waals surface area (Å²) < 4.78 is 10.7. The van der Waals surface area contributed by atoms with Gasteiger partial charge in [-0.3, -0.25) is 4.79 Å². The van der Waals surface area contributed by atoms with Crippen molar-refractivity contribution in [2.45, 2.75) is 71.1 Å². The van der Waals surface area contributed by atoms with Gasteiger partial charge in [-0.25, -0.2) is 0 Å². The molecule has 0 aromatic carbocycles. The van der Waals surface area contributed by atoms with E-state index in [-0.39, 0.29) is 5.97 Å². The molecule has 0 atom stereocenters. The number of carbonyl (C=O) groups is 1. The molecule has 0 aromatic rings. The van der Waals surface area contributed by atoms with Gasteiger partial charge in [0.25, 0.3) is 0 Å². The summed E-state index contributed by atoms with van der Waals surface area (Å²) in [5, 5.41) is 1.06. The van der Waals surface area contributed by atoms with Crippen molar-refractivity contribution in [1.29, 1.82) is 0 Å². The highest BCUT2D eigenvalue weighted by Crippen LogP contribution is 2.03. The highest BCUT2D eigenvalue weighted by Gasteiger charge is 2.02. The molecule has 0 unspecified atom stereocenters. The minimum Gasteiger partial charge on any atom is -0.466 e. The molecule has 20 heavy (non-hydrogen) atoms. The van der Waals surface area contributed by atoms with Crippen LogP contribution >= 0.6 is 15.9 Å². The van der Waals surface area contributed by atoms with Crippen LogP contribution in [0, 0.1) is 0 Å². The molecule has 4 heteroatoms. The average Bonchev–Trinajstić information content (AvgIpc) is 2.45. The number of esters is 1. The van der Waals surface area contributed by atoms with E-state index in [4.69, 9.17) is 9.47 Å². The molecule has 0 heterocycles. The normalized spacial score (nSPS) is 10.7. The number of hydrogen-bond acceptors (Lipinski definition) is 3. The van der Waals surface area contributed by atoms with Crippen molar-refractivity contribution >= 4 is 21.9 Å². The first-order valence-electron chi connectivity index (χ1n) is 8.10. The third kappa shape index (κ3) is 16.0. The number of rotatable bonds is 15. The summed E-state index contributed by atoms with van der Waals surface area (Å²) in [5.74, 6) is -0.0833. The minimum atomic E-state index is -0.0833. The van der Waals surface area contributed by atoms with Crippen LogP contribution in [0.25, 0.3) is 0 Å². The van der Waals surface area contributed by atoms with Crippen LogP contribution in [-0.2, 0) is 14.3 Å². The van der Waals surface area contributed by atoms with Crippen molar-refractivity contribution in [3.8, 4) is 0 Å². The maximum absolute atomic E-state index is 11.4. The first-order chi connectivity index (χ1) is 9.81. The van der Waals surface area contributed by atoms with Gasteiger partial charge in [0.05, 0.1) is 6.61 Å². The van der Waals surface area contributed by atoms with Crippen molar-refractivity contribution in [2.24, 2.45) is 0 Å². The highest BCUT2D eigenvalue weighted by atomic mass is 79.9. The van der Waals surface area contributed by atoms with Gasteiger partial charge < -0.3 is 9.47 Å². The van der Waals surface area contributed by atoms with Crippen LogP contribution in [0.5, 0.6) is 0 Å². The smallest absolute Gasteiger partial charge is 0.305 e. The van der Waals surface area contributed by atoms with Gasteiger partial charge in [0.2, 0.25) is 0 Å². The molecular formula is C16H31BrO3. The standard InChI is InChI=1S/C16H31BrO3/c1-2-3-4-8-13-19-14-10-11-16(18)20-15-9-6-5-7-12-17/h2-15H2,1H3. The van der Waals surface area contributed by atoms with E-state index in [1.165, 1.54) is 32.1 Å². The molecule has 3 nitrogen and oxygen atoms in total. The summed E-state index contributed by atoms with van der Waals surface area (Å²) >= 11 is 3.40. The van der Waals surface area contributed by atoms with Gasteiger partial charge in [0.15, 0.2) is 0 Å². The lowest BCUT2D eigenvalue weighted by Crippen LogP contribution is -2.07. The van der Waals surface area contributed by atoms with Crippen molar-refractivity contribution in [1.82, 2.24) is 0 Å². The molecule has 120 valence electrons. The van der Waals surface area contributed by atoms with Crippen LogP contribution in [0.4, 0.5) is 0 Å². The topological polar surface area (TPSA) is 35.5 Å². The van der Waals surface area contributed by atoms with Crippen LogP contribution in [0.3, 0.4) is 0 Å². The molecule has 0 amide bonds. The summed E-state index contributed by atoms with van der Waals surface area (Å²) in [6, 6.07) is 0. The third-order valence-electron chi connectivity index (χ3n) is 3.10. The molecule has 0 aliphatic carbocycles. The largest absolute Gasteiger partial charge is 0.466 e. The Labute approximate surface area is 132 Å². The van der Waals surface area contributed by atoms with Gasteiger partial charge in [-0.05, 0) is 25.7 Å². The van der Waals surface area contributed by atoms with Crippen LogP contribution in [0.2, 0.25) is 0 Å². The van der Waals surface area contributed by atoms with E-state index < -0.39 is 0 Å². The Kier molecular flexibility index (Phi) is 16.9. The molecule has 0 fully saturated rings. The molecule has 0 saturated carbocycles. The Hall–Kier alpha value is -0.0900. The van der Waals surface area contributed by atoms with Crippen molar-refractivity contribution in [2.75, 3.05) is 25.2 Å². The van der Waals surface area contributed by atoms with Crippen LogP contribution < -0.4 is 0 Å². The summed E-state index contributed by atoms with van der Waals surface area (Å²) in [4.78, 5) is 11.4. The Bertz CT molecular complexity index is 210. The van der Waals surface area contributed by atoms with Crippen LogP contribution in [0.15, 0.2) is 0 Å². The van der Waals surface area contributed by atoms with Crippen molar-refractivity contribution in [3.63, 3.8) is 0 Å². The number of hydrogen-bond donors (Lipinski definition) is 0. The van der Waals surface area contributed by atoms with Crippen LogP contribution in [-0.4, -0.2) is 31.1 Å². The fraction of sp³-hybridized carbons (Fsp3) is 0.938. The molecule has 0 saturated heterocycles. The quantitative estimate of drug-likeness (QED) is 0.240. The van der Waals surface area contributed by atoms with Gasteiger partial charge in [-0.15, -0.1) is 0 Å². The van der Waals surface area contributed by atoms with Gasteiger partial charge in [-0.1, -0.05) is 55.0 Å². The van der Waals surface area contributed by atoms with Crippen LogP contribution in [0.1, 0.15) is 71.1 Å². The average molecular weight is 351 g/mol. The number of carbonyl (C=O) groups excluding carboxylic acids is 1. The second-order valence-electron chi connectivity index (χ2n) is 5.10. The molecule has 0 N–H and O–H groups in total. The lowest BCUT2D eigenvalue weighted by Gasteiger charge is -2.05. The molecule has 0 radical (unpaired) electrons. The zero-order valence-electron chi connectivity index (χ0n) is 13.0. The monoisotopic (exact) mass is 350 g/mol. The Morgan fingerprint density at radius 2 is 1.50 bits per heavy atom. The predicted octanol–water partition coefficient (Wildman–Crippen LogP) is 4.86. The van der Waals surface area contributed by atoms with Gasteiger partial charge >= 0.3 is 5.97 Å². The molecule has 0 bridgehead atoms. The Morgan fingerprint density at radius 3 is 2.25 bits per heavy atom. The number of ether oxygens (including phenoxy) is 2. The molecule has 0 aliphatic rings. The van der Waals surface area contributed by atoms with E-state index in [0.29, 0.717) is 19.6 Å². The fourth-order valence-electron chi connectivity index (χ4n) is 1.86. The predicted molar refractivity (Wildman–Crippen MR) is 87.4 cm³/mol. The first-order valence-corrected chi connectivity index (χ1v) is 9.22. The zero-order valence-corrected chi connectivity index (χ0v) is 14.6. The van der Waals surface area contributed by atoms with E-state index in [2.05, 4.69) is 22.9 Å². The fourth-order valence-corrected chi connectivity index (χ4v) is 2.26. The van der Waals surface area contributed by atoms with Crippen molar-refractivity contribution < 1.29 is 14.3 Å². The maximum atomic E-state index is 11.4. The SMILES string of the molecule is CCCCCCOCCCC(=O)OCCCCCCBr. The van der Waals surface area contributed by atoms with E-state index in [0.717, 1.165) is 37.6 Å². The molecule has 0 spiro atoms. The highest BCUT2D eigenvalue weighted by molar-refractivity contribution is 9.09. The van der Waals surface area contributed by atoms with Gasteiger partial charge in [0, 0.05) is 25.0 Å². The third-order valence-corrected chi connectivity index (χ3v) is 3.66. The summed E-state index contributed by atoms with van der Waals surface area (Å²) in [6.45, 7) is 4.27. The minimum absolute atomic E-state index is 0.0833.